The van der Waals surface area contributed by atoms with Gasteiger partial charge < -0.3 is 5.32 Å². The molecule has 1 heterocycles. The maximum atomic E-state index is 11.6. The second-order valence-electron chi connectivity index (χ2n) is 3.84. The molecule has 1 aliphatic heterocycles. The number of nitrogens with one attached hydrogen (secondary N) is 1. The third-order valence-corrected chi connectivity index (χ3v) is 2.88. The second kappa shape index (κ2) is 2.79. The normalized spacial score (nSPS) is 18.7. The summed E-state index contributed by atoms with van der Waals surface area (Å²) in [7, 11) is 0. The van der Waals surface area contributed by atoms with Gasteiger partial charge in [0.25, 0.3) is 0 Å². The predicted molar refractivity (Wildman–Crippen MR) is 54.8 cm³/mol. The number of hydrogen-bond donors (Lipinski definition) is 1. The minimum absolute atomic E-state index is 0.00712. The van der Waals surface area contributed by atoms with Gasteiger partial charge in [0.15, 0.2) is 5.78 Å². The van der Waals surface area contributed by atoms with E-state index in [-0.39, 0.29) is 18.1 Å². The van der Waals surface area contributed by atoms with Crippen LogP contribution in [0.5, 0.6) is 0 Å². The highest BCUT2D eigenvalue weighted by Crippen LogP contribution is 2.33. The van der Waals surface area contributed by atoms with E-state index in [0.717, 1.165) is 22.4 Å². The second-order valence-corrected chi connectivity index (χ2v) is 3.84. The number of amides is 1. The lowest BCUT2D eigenvalue weighted by Gasteiger charge is -2.14. The van der Waals surface area contributed by atoms with E-state index in [1.165, 1.54) is 0 Å². The number of allylic oxidation sites excluding steroid dienone is 1. The van der Waals surface area contributed by atoms with Crippen LogP contribution in [0.1, 0.15) is 17.5 Å². The molecular formula is C12H9NO2. The van der Waals surface area contributed by atoms with Gasteiger partial charge in [0.2, 0.25) is 5.91 Å². The third kappa shape index (κ3) is 1.13. The van der Waals surface area contributed by atoms with Crippen LogP contribution in [0.15, 0.2) is 29.8 Å². The number of fused-ring (bicyclic) bond motifs is 2. The molecule has 0 saturated carbocycles. The van der Waals surface area contributed by atoms with Crippen molar-refractivity contribution < 1.29 is 9.59 Å². The molecule has 3 rings (SSSR count). The van der Waals surface area contributed by atoms with E-state index in [0.29, 0.717) is 6.42 Å². The Bertz CT molecular complexity index is 514. The van der Waals surface area contributed by atoms with Crippen molar-refractivity contribution >= 4 is 17.4 Å². The maximum Gasteiger partial charge on any atom is 0.232 e. The summed E-state index contributed by atoms with van der Waals surface area (Å²) >= 11 is 0. The molecule has 2 aliphatic rings. The minimum Gasteiger partial charge on any atom is -0.325 e. The van der Waals surface area contributed by atoms with E-state index >= 15 is 0 Å². The van der Waals surface area contributed by atoms with Crippen LogP contribution in [0.2, 0.25) is 0 Å². The number of carbonyl (C=O) groups is 2. The fourth-order valence-electron chi connectivity index (χ4n) is 2.18. The molecule has 0 spiro atoms. The monoisotopic (exact) mass is 199 g/mol. The molecule has 1 aromatic rings. The summed E-state index contributed by atoms with van der Waals surface area (Å²) in [6.07, 6.45) is 0.650. The van der Waals surface area contributed by atoms with Gasteiger partial charge >= 0.3 is 0 Å². The topological polar surface area (TPSA) is 46.2 Å². The molecule has 74 valence electrons. The Labute approximate surface area is 86.8 Å². The number of carbonyl (C=O) groups excluding carboxylic acids is 2. The van der Waals surface area contributed by atoms with Crippen molar-refractivity contribution in [2.24, 2.45) is 0 Å². The Morgan fingerprint density at radius 2 is 1.87 bits per heavy atom. The first-order chi connectivity index (χ1) is 7.25. The fourth-order valence-corrected chi connectivity index (χ4v) is 2.18. The summed E-state index contributed by atoms with van der Waals surface area (Å²) in [5, 5.41) is 2.78. The Balaban J connectivity index is 2.17. The van der Waals surface area contributed by atoms with Crippen LogP contribution in [0, 0.1) is 0 Å². The van der Waals surface area contributed by atoms with Crippen molar-refractivity contribution in [1.29, 1.82) is 0 Å². The van der Waals surface area contributed by atoms with Crippen LogP contribution < -0.4 is 5.32 Å². The summed E-state index contributed by atoms with van der Waals surface area (Å²) in [6.45, 7) is 0. The summed E-state index contributed by atoms with van der Waals surface area (Å²) in [5.41, 5.74) is 3.61. The van der Waals surface area contributed by atoms with E-state index in [9.17, 15) is 9.59 Å². The van der Waals surface area contributed by atoms with Crippen molar-refractivity contribution in [2.75, 3.05) is 0 Å². The molecule has 0 radical (unpaired) electrons. The molecule has 1 N–H and O–H groups in total. The zero-order valence-corrected chi connectivity index (χ0v) is 8.04. The first-order valence-electron chi connectivity index (χ1n) is 4.90. The van der Waals surface area contributed by atoms with Crippen LogP contribution in [-0.2, 0) is 16.0 Å². The van der Waals surface area contributed by atoms with Gasteiger partial charge in [0.05, 0.1) is 12.1 Å². The van der Waals surface area contributed by atoms with Crippen molar-refractivity contribution in [2.45, 2.75) is 12.8 Å². The molecule has 1 aliphatic carbocycles. The molecule has 0 bridgehead atoms. The summed E-state index contributed by atoms with van der Waals surface area (Å²) in [5.74, 6) is -0.236. The molecule has 3 nitrogen and oxygen atoms in total. The largest absolute Gasteiger partial charge is 0.325 e. The highest BCUT2D eigenvalue weighted by Gasteiger charge is 2.31. The molecule has 1 aromatic carbocycles. The van der Waals surface area contributed by atoms with Crippen LogP contribution >= 0.6 is 0 Å². The molecule has 0 fully saturated rings. The van der Waals surface area contributed by atoms with E-state index in [4.69, 9.17) is 0 Å². The van der Waals surface area contributed by atoms with Gasteiger partial charge in [-0.1, -0.05) is 24.3 Å². The van der Waals surface area contributed by atoms with Crippen LogP contribution in [0.3, 0.4) is 0 Å². The first kappa shape index (κ1) is 8.41. The Morgan fingerprint density at radius 1 is 1.07 bits per heavy atom. The van der Waals surface area contributed by atoms with Gasteiger partial charge in [0, 0.05) is 17.6 Å². The van der Waals surface area contributed by atoms with Crippen LogP contribution in [-0.4, -0.2) is 11.7 Å². The average Bonchev–Trinajstić information content (AvgIpc) is 2.57. The van der Waals surface area contributed by atoms with Crippen molar-refractivity contribution in [3.63, 3.8) is 0 Å². The van der Waals surface area contributed by atoms with Gasteiger partial charge in [-0.25, -0.2) is 0 Å². The number of ketones is 1. The van der Waals surface area contributed by atoms with Gasteiger partial charge in [-0.3, -0.25) is 9.59 Å². The zero-order chi connectivity index (χ0) is 10.4. The van der Waals surface area contributed by atoms with E-state index in [2.05, 4.69) is 5.32 Å². The average molecular weight is 199 g/mol. The van der Waals surface area contributed by atoms with E-state index < -0.39 is 0 Å². The van der Waals surface area contributed by atoms with Gasteiger partial charge in [-0.15, -0.1) is 0 Å². The number of hydrogen-bond acceptors (Lipinski definition) is 2. The van der Waals surface area contributed by atoms with E-state index in [1.54, 1.807) is 0 Å². The maximum absolute atomic E-state index is 11.6. The predicted octanol–water partition coefficient (Wildman–Crippen LogP) is 1.04. The van der Waals surface area contributed by atoms with Crippen LogP contribution in [0.4, 0.5) is 0 Å². The molecule has 0 aromatic heterocycles. The highest BCUT2D eigenvalue weighted by molar-refractivity contribution is 6.18. The molecule has 0 saturated heterocycles. The molecule has 15 heavy (non-hydrogen) atoms. The van der Waals surface area contributed by atoms with Crippen LogP contribution in [0.25, 0.3) is 5.70 Å². The standard InChI is InChI=1S/C12H9NO2/c14-10-6-11(15)13-12-8-4-2-1-3-7(8)5-9(10)12/h1-4H,5-6H2,(H,13,15). The van der Waals surface area contributed by atoms with Crippen molar-refractivity contribution in [3.8, 4) is 0 Å². The first-order valence-corrected chi connectivity index (χ1v) is 4.90. The fraction of sp³-hybridized carbons (Fsp3) is 0.167. The molecule has 0 atom stereocenters. The smallest absolute Gasteiger partial charge is 0.232 e. The lowest BCUT2D eigenvalue weighted by atomic mass is 10.0. The zero-order valence-electron chi connectivity index (χ0n) is 8.04. The third-order valence-electron chi connectivity index (χ3n) is 2.88. The quantitative estimate of drug-likeness (QED) is 0.634. The van der Waals surface area contributed by atoms with Gasteiger partial charge in [-0.2, -0.15) is 0 Å². The number of rotatable bonds is 0. The summed E-state index contributed by atoms with van der Waals surface area (Å²) in [6, 6.07) is 7.80. The number of benzene rings is 1. The lowest BCUT2D eigenvalue weighted by Crippen LogP contribution is -2.30. The minimum atomic E-state index is -0.199. The molecule has 0 unspecified atom stereocenters. The summed E-state index contributed by atoms with van der Waals surface area (Å²) < 4.78 is 0. The van der Waals surface area contributed by atoms with Gasteiger partial charge in [-0.05, 0) is 5.56 Å². The van der Waals surface area contributed by atoms with Crippen molar-refractivity contribution in [1.82, 2.24) is 5.32 Å². The Hall–Kier alpha value is -1.90. The van der Waals surface area contributed by atoms with Gasteiger partial charge in [0.1, 0.15) is 0 Å². The SMILES string of the molecule is O=C1CC(=O)C2=C(N1)c1ccccc1C2. The Morgan fingerprint density at radius 3 is 2.73 bits per heavy atom. The van der Waals surface area contributed by atoms with Crippen molar-refractivity contribution in [3.05, 3.63) is 41.0 Å². The summed E-state index contributed by atoms with van der Waals surface area (Å²) in [4.78, 5) is 22.9. The Kier molecular flexibility index (Phi) is 1.57. The highest BCUT2D eigenvalue weighted by atomic mass is 16.2. The lowest BCUT2D eigenvalue weighted by molar-refractivity contribution is -0.126. The molecule has 3 heteroatoms. The molecular weight excluding hydrogens is 190 g/mol. The van der Waals surface area contributed by atoms with E-state index in [1.807, 2.05) is 24.3 Å². The number of Topliss-reactive ketones (excluding diaryl/α,β-unsaturated/α-hetero) is 1. The molecule has 1 amide bonds.